The van der Waals surface area contributed by atoms with Crippen molar-refractivity contribution in [3.05, 3.63) is 0 Å². The van der Waals surface area contributed by atoms with Crippen molar-refractivity contribution in [1.29, 1.82) is 0 Å². The van der Waals surface area contributed by atoms with Crippen molar-refractivity contribution >= 4 is 12.1 Å². The van der Waals surface area contributed by atoms with Crippen LogP contribution in [0.25, 0.3) is 0 Å². The SMILES string of the molecule is CCC(CC(F)F)CC(NC(=O)OC(C)(C)C)C(=O)O. The fourth-order valence-electron chi connectivity index (χ4n) is 1.69. The zero-order valence-corrected chi connectivity index (χ0v) is 12.3. The lowest BCUT2D eigenvalue weighted by Crippen LogP contribution is -2.44. The number of hydrogen-bond acceptors (Lipinski definition) is 3. The molecule has 2 unspecified atom stereocenters. The third-order valence-corrected chi connectivity index (χ3v) is 2.65. The van der Waals surface area contributed by atoms with E-state index in [0.29, 0.717) is 6.42 Å². The molecule has 0 aromatic heterocycles. The first-order valence-corrected chi connectivity index (χ1v) is 6.55. The highest BCUT2D eigenvalue weighted by Gasteiger charge is 2.27. The molecule has 0 aliphatic rings. The molecular formula is C13H23F2NO4. The lowest BCUT2D eigenvalue weighted by atomic mass is 9.94. The molecule has 0 spiro atoms. The van der Waals surface area contributed by atoms with Gasteiger partial charge in [0, 0.05) is 6.42 Å². The largest absolute Gasteiger partial charge is 0.480 e. The van der Waals surface area contributed by atoms with Crippen molar-refractivity contribution in [3.63, 3.8) is 0 Å². The predicted molar refractivity (Wildman–Crippen MR) is 69.8 cm³/mol. The standard InChI is InChI=1S/C13H23F2NO4/c1-5-8(7-10(14)15)6-9(11(17)18)16-12(19)20-13(2,3)4/h8-10H,5-7H2,1-4H3,(H,16,19)(H,17,18). The van der Waals surface area contributed by atoms with Crippen LogP contribution in [0.5, 0.6) is 0 Å². The minimum atomic E-state index is -2.49. The number of carbonyl (C=O) groups is 2. The van der Waals surface area contributed by atoms with Gasteiger partial charge in [-0.3, -0.25) is 0 Å². The number of carbonyl (C=O) groups excluding carboxylic acids is 1. The first-order chi connectivity index (χ1) is 9.05. The molecule has 0 bridgehead atoms. The molecular weight excluding hydrogens is 272 g/mol. The van der Waals surface area contributed by atoms with Crippen LogP contribution in [0.1, 0.15) is 47.0 Å². The summed E-state index contributed by atoms with van der Waals surface area (Å²) in [6.45, 7) is 6.65. The topological polar surface area (TPSA) is 75.6 Å². The number of aliphatic carboxylic acids is 1. The zero-order chi connectivity index (χ0) is 15.9. The van der Waals surface area contributed by atoms with Gasteiger partial charge in [-0.2, -0.15) is 0 Å². The number of alkyl carbamates (subject to hydrolysis) is 1. The van der Waals surface area contributed by atoms with E-state index in [4.69, 9.17) is 9.84 Å². The molecule has 0 aliphatic heterocycles. The molecule has 0 fully saturated rings. The summed E-state index contributed by atoms with van der Waals surface area (Å²) in [6, 6.07) is -1.23. The van der Waals surface area contributed by atoms with Gasteiger partial charge in [-0.05, 0) is 33.1 Å². The van der Waals surface area contributed by atoms with Crippen LogP contribution in [0.3, 0.4) is 0 Å². The third kappa shape index (κ3) is 8.66. The van der Waals surface area contributed by atoms with Crippen LogP contribution >= 0.6 is 0 Å². The highest BCUT2D eigenvalue weighted by molar-refractivity contribution is 5.80. The molecule has 118 valence electrons. The van der Waals surface area contributed by atoms with Crippen molar-refractivity contribution < 1.29 is 28.2 Å². The fraction of sp³-hybridized carbons (Fsp3) is 0.846. The van der Waals surface area contributed by atoms with E-state index < -0.39 is 36.0 Å². The van der Waals surface area contributed by atoms with E-state index >= 15 is 0 Å². The summed E-state index contributed by atoms with van der Waals surface area (Å²) in [5.74, 6) is -1.73. The summed E-state index contributed by atoms with van der Waals surface area (Å²) in [7, 11) is 0. The van der Waals surface area contributed by atoms with Crippen LogP contribution in [0, 0.1) is 5.92 Å². The van der Waals surface area contributed by atoms with Gasteiger partial charge in [0.2, 0.25) is 6.43 Å². The van der Waals surface area contributed by atoms with Gasteiger partial charge in [0.15, 0.2) is 0 Å². The molecule has 0 heterocycles. The van der Waals surface area contributed by atoms with E-state index in [1.165, 1.54) is 0 Å². The first kappa shape index (κ1) is 18.6. The van der Waals surface area contributed by atoms with Gasteiger partial charge in [-0.25, -0.2) is 18.4 Å². The molecule has 1 amide bonds. The molecule has 2 N–H and O–H groups in total. The number of rotatable bonds is 7. The van der Waals surface area contributed by atoms with Crippen LogP contribution in [-0.4, -0.2) is 35.2 Å². The summed E-state index contributed by atoms with van der Waals surface area (Å²) < 4.78 is 29.7. The lowest BCUT2D eigenvalue weighted by molar-refractivity contribution is -0.140. The van der Waals surface area contributed by atoms with Crippen LogP contribution in [0.4, 0.5) is 13.6 Å². The van der Waals surface area contributed by atoms with Crippen molar-refractivity contribution in [2.24, 2.45) is 5.92 Å². The summed E-state index contributed by atoms with van der Waals surface area (Å²) in [5, 5.41) is 11.2. The number of ether oxygens (including phenoxy) is 1. The smallest absolute Gasteiger partial charge is 0.408 e. The number of carboxylic acids is 1. The molecule has 0 aromatic rings. The predicted octanol–water partition coefficient (Wildman–Crippen LogP) is 3.04. The van der Waals surface area contributed by atoms with E-state index in [1.807, 2.05) is 0 Å². The Bertz CT molecular complexity index is 329. The third-order valence-electron chi connectivity index (χ3n) is 2.65. The van der Waals surface area contributed by atoms with Crippen molar-refractivity contribution in [1.82, 2.24) is 5.32 Å². The number of carboxylic acid groups (broad SMARTS) is 1. The van der Waals surface area contributed by atoms with Crippen LogP contribution < -0.4 is 5.32 Å². The zero-order valence-electron chi connectivity index (χ0n) is 12.3. The number of nitrogens with one attached hydrogen (secondary N) is 1. The minimum Gasteiger partial charge on any atom is -0.480 e. The number of hydrogen-bond donors (Lipinski definition) is 2. The van der Waals surface area contributed by atoms with Crippen molar-refractivity contribution in [2.75, 3.05) is 0 Å². The summed E-state index contributed by atoms with van der Waals surface area (Å²) in [5.41, 5.74) is -0.750. The van der Waals surface area contributed by atoms with Gasteiger partial charge in [0.25, 0.3) is 0 Å². The highest BCUT2D eigenvalue weighted by Crippen LogP contribution is 2.20. The Morgan fingerprint density at radius 2 is 1.80 bits per heavy atom. The summed E-state index contributed by atoms with van der Waals surface area (Å²) in [6.07, 6.45) is -3.36. The van der Waals surface area contributed by atoms with Gasteiger partial charge in [0.05, 0.1) is 0 Å². The van der Waals surface area contributed by atoms with Gasteiger partial charge < -0.3 is 15.2 Å². The molecule has 5 nitrogen and oxygen atoms in total. The summed E-state index contributed by atoms with van der Waals surface area (Å²) >= 11 is 0. The van der Waals surface area contributed by atoms with Gasteiger partial charge in [-0.15, -0.1) is 0 Å². The van der Waals surface area contributed by atoms with Crippen LogP contribution in [0.15, 0.2) is 0 Å². The molecule has 0 saturated heterocycles. The van der Waals surface area contributed by atoms with E-state index in [2.05, 4.69) is 5.32 Å². The Hall–Kier alpha value is -1.40. The molecule has 0 radical (unpaired) electrons. The second-order valence-electron chi connectivity index (χ2n) is 5.67. The lowest BCUT2D eigenvalue weighted by Gasteiger charge is -2.24. The first-order valence-electron chi connectivity index (χ1n) is 6.55. The molecule has 0 rings (SSSR count). The van der Waals surface area contributed by atoms with Gasteiger partial charge in [-0.1, -0.05) is 13.3 Å². The van der Waals surface area contributed by atoms with E-state index in [0.717, 1.165) is 0 Å². The number of alkyl halides is 2. The second-order valence-corrected chi connectivity index (χ2v) is 5.67. The molecule has 2 atom stereocenters. The van der Waals surface area contributed by atoms with E-state index in [1.54, 1.807) is 27.7 Å². The normalized spacial score (nSPS) is 14.8. The van der Waals surface area contributed by atoms with Crippen molar-refractivity contribution in [3.8, 4) is 0 Å². The Labute approximate surface area is 117 Å². The number of amides is 1. The maximum absolute atomic E-state index is 12.3. The Kier molecular flexibility index (Phi) is 7.45. The average Bonchev–Trinajstić information content (AvgIpc) is 2.23. The van der Waals surface area contributed by atoms with E-state index in [9.17, 15) is 18.4 Å². The van der Waals surface area contributed by atoms with Crippen LogP contribution in [-0.2, 0) is 9.53 Å². The maximum Gasteiger partial charge on any atom is 0.408 e. The Balaban J connectivity index is 4.57. The van der Waals surface area contributed by atoms with Gasteiger partial charge >= 0.3 is 12.1 Å². The molecule has 0 aliphatic carbocycles. The number of halogens is 2. The fourth-order valence-corrected chi connectivity index (χ4v) is 1.69. The Morgan fingerprint density at radius 1 is 1.25 bits per heavy atom. The quantitative estimate of drug-likeness (QED) is 0.757. The highest BCUT2D eigenvalue weighted by atomic mass is 19.3. The van der Waals surface area contributed by atoms with Gasteiger partial charge in [0.1, 0.15) is 11.6 Å². The Morgan fingerprint density at radius 3 is 2.15 bits per heavy atom. The van der Waals surface area contributed by atoms with Crippen molar-refractivity contribution in [2.45, 2.75) is 65.0 Å². The monoisotopic (exact) mass is 295 g/mol. The molecule has 0 saturated carbocycles. The second kappa shape index (κ2) is 8.01. The molecule has 20 heavy (non-hydrogen) atoms. The van der Waals surface area contributed by atoms with E-state index in [-0.39, 0.29) is 12.8 Å². The van der Waals surface area contributed by atoms with Crippen LogP contribution in [0.2, 0.25) is 0 Å². The molecule has 7 heteroatoms. The molecule has 0 aromatic carbocycles. The minimum absolute atomic E-state index is 0.0462. The maximum atomic E-state index is 12.3. The summed E-state index contributed by atoms with van der Waals surface area (Å²) in [4.78, 5) is 22.6. The average molecular weight is 295 g/mol.